The molecule has 1 saturated heterocycles. The number of nitrogens with one attached hydrogen (secondary N) is 1. The Labute approximate surface area is 101 Å². The predicted molar refractivity (Wildman–Crippen MR) is 68.8 cm³/mol. The molecule has 16 heavy (non-hydrogen) atoms. The summed E-state index contributed by atoms with van der Waals surface area (Å²) < 4.78 is 0. The lowest BCUT2D eigenvalue weighted by Gasteiger charge is -2.28. The van der Waals surface area contributed by atoms with Gasteiger partial charge in [-0.15, -0.1) is 11.8 Å². The SMILES string of the molecule is CSc1ccccc1C(O)C1CCNCC1. The molecule has 88 valence electrons. The first kappa shape index (κ1) is 12.0. The Balaban J connectivity index is 2.15. The summed E-state index contributed by atoms with van der Waals surface area (Å²) in [7, 11) is 0. The molecule has 1 fully saturated rings. The minimum absolute atomic E-state index is 0.300. The predicted octanol–water partition coefficient (Wildman–Crippen LogP) is 2.44. The molecule has 0 saturated carbocycles. The molecule has 1 atom stereocenters. The van der Waals surface area contributed by atoms with Crippen molar-refractivity contribution < 1.29 is 5.11 Å². The van der Waals surface area contributed by atoms with Gasteiger partial charge in [-0.2, -0.15) is 0 Å². The van der Waals surface area contributed by atoms with Crippen LogP contribution in [0.15, 0.2) is 29.2 Å². The van der Waals surface area contributed by atoms with Crippen LogP contribution < -0.4 is 5.32 Å². The summed E-state index contributed by atoms with van der Waals surface area (Å²) >= 11 is 1.71. The fraction of sp³-hybridized carbons (Fsp3) is 0.538. The first-order chi connectivity index (χ1) is 7.83. The molecule has 1 aliphatic heterocycles. The lowest BCUT2D eigenvalue weighted by molar-refractivity contribution is 0.0867. The van der Waals surface area contributed by atoms with Gasteiger partial charge in [0, 0.05) is 4.90 Å². The molecule has 0 radical (unpaired) electrons. The topological polar surface area (TPSA) is 32.3 Å². The summed E-state index contributed by atoms with van der Waals surface area (Å²) in [5.74, 6) is 0.412. The molecule has 2 nitrogen and oxygen atoms in total. The van der Waals surface area contributed by atoms with E-state index in [1.165, 1.54) is 4.90 Å². The molecule has 2 rings (SSSR count). The van der Waals surface area contributed by atoms with Gasteiger partial charge in [0.2, 0.25) is 0 Å². The third kappa shape index (κ3) is 2.59. The van der Waals surface area contributed by atoms with Crippen molar-refractivity contribution in [3.05, 3.63) is 29.8 Å². The number of thioether (sulfide) groups is 1. The maximum absolute atomic E-state index is 10.4. The van der Waals surface area contributed by atoms with Crippen molar-refractivity contribution in [2.75, 3.05) is 19.3 Å². The van der Waals surface area contributed by atoms with Gasteiger partial charge >= 0.3 is 0 Å². The van der Waals surface area contributed by atoms with Crippen LogP contribution in [0.1, 0.15) is 24.5 Å². The van der Waals surface area contributed by atoms with E-state index < -0.39 is 0 Å². The van der Waals surface area contributed by atoms with Crippen LogP contribution in [0.3, 0.4) is 0 Å². The highest BCUT2D eigenvalue weighted by Crippen LogP contribution is 2.33. The summed E-state index contributed by atoms with van der Waals surface area (Å²) in [5, 5.41) is 13.7. The van der Waals surface area contributed by atoms with Crippen molar-refractivity contribution in [3.63, 3.8) is 0 Å². The highest BCUT2D eigenvalue weighted by Gasteiger charge is 2.24. The maximum Gasteiger partial charge on any atom is 0.0829 e. The molecule has 0 aliphatic carbocycles. The van der Waals surface area contributed by atoms with E-state index in [1.54, 1.807) is 11.8 Å². The van der Waals surface area contributed by atoms with Crippen LogP contribution in [0.2, 0.25) is 0 Å². The van der Waals surface area contributed by atoms with Gasteiger partial charge in [-0.1, -0.05) is 18.2 Å². The second-order valence-corrected chi connectivity index (χ2v) is 5.12. The number of hydrogen-bond donors (Lipinski definition) is 2. The smallest absolute Gasteiger partial charge is 0.0829 e. The largest absolute Gasteiger partial charge is 0.388 e. The molecule has 1 aliphatic rings. The number of hydrogen-bond acceptors (Lipinski definition) is 3. The molecular weight excluding hydrogens is 218 g/mol. The molecule has 0 spiro atoms. The average Bonchev–Trinajstić information content (AvgIpc) is 2.39. The molecule has 1 aromatic carbocycles. The fourth-order valence-electron chi connectivity index (χ4n) is 2.32. The fourth-order valence-corrected chi connectivity index (χ4v) is 2.96. The van der Waals surface area contributed by atoms with Crippen LogP contribution in [-0.2, 0) is 0 Å². The van der Waals surface area contributed by atoms with Crippen molar-refractivity contribution >= 4 is 11.8 Å². The first-order valence-electron chi connectivity index (χ1n) is 5.84. The van der Waals surface area contributed by atoms with E-state index in [9.17, 15) is 5.11 Å². The number of rotatable bonds is 3. The van der Waals surface area contributed by atoms with E-state index in [0.29, 0.717) is 5.92 Å². The number of aliphatic hydroxyl groups is 1. The zero-order chi connectivity index (χ0) is 11.4. The van der Waals surface area contributed by atoms with E-state index in [2.05, 4.69) is 23.7 Å². The van der Waals surface area contributed by atoms with Crippen LogP contribution in [0.4, 0.5) is 0 Å². The zero-order valence-corrected chi connectivity index (χ0v) is 10.5. The van der Waals surface area contributed by atoms with Crippen LogP contribution >= 0.6 is 11.8 Å². The van der Waals surface area contributed by atoms with E-state index in [0.717, 1.165) is 31.5 Å². The molecule has 0 bridgehead atoms. The Bertz CT molecular complexity index is 336. The van der Waals surface area contributed by atoms with Gasteiger partial charge in [-0.05, 0) is 49.7 Å². The quantitative estimate of drug-likeness (QED) is 0.792. The Hall–Kier alpha value is -0.510. The average molecular weight is 237 g/mol. The monoisotopic (exact) mass is 237 g/mol. The highest BCUT2D eigenvalue weighted by molar-refractivity contribution is 7.98. The lowest BCUT2D eigenvalue weighted by atomic mass is 9.88. The molecule has 0 aromatic heterocycles. The Morgan fingerprint density at radius 3 is 2.69 bits per heavy atom. The number of piperidine rings is 1. The van der Waals surface area contributed by atoms with Gasteiger partial charge in [-0.3, -0.25) is 0 Å². The van der Waals surface area contributed by atoms with Crippen molar-refractivity contribution in [2.45, 2.75) is 23.8 Å². The van der Waals surface area contributed by atoms with Gasteiger partial charge in [0.1, 0.15) is 0 Å². The Kier molecular flexibility index (Phi) is 4.27. The van der Waals surface area contributed by atoms with Gasteiger partial charge in [0.15, 0.2) is 0 Å². The first-order valence-corrected chi connectivity index (χ1v) is 7.07. The molecule has 0 amide bonds. The zero-order valence-electron chi connectivity index (χ0n) is 9.65. The normalized spacial score (nSPS) is 19.6. The standard InChI is InChI=1S/C13H19NOS/c1-16-12-5-3-2-4-11(12)13(15)10-6-8-14-9-7-10/h2-5,10,13-15H,6-9H2,1H3. The van der Waals surface area contributed by atoms with Gasteiger partial charge in [0.25, 0.3) is 0 Å². The van der Waals surface area contributed by atoms with Crippen LogP contribution in [0, 0.1) is 5.92 Å². The van der Waals surface area contributed by atoms with Crippen molar-refractivity contribution in [1.82, 2.24) is 5.32 Å². The van der Waals surface area contributed by atoms with Crippen LogP contribution in [0.5, 0.6) is 0 Å². The van der Waals surface area contributed by atoms with E-state index in [-0.39, 0.29) is 6.10 Å². The molecular formula is C13H19NOS. The van der Waals surface area contributed by atoms with E-state index >= 15 is 0 Å². The van der Waals surface area contributed by atoms with Gasteiger partial charge in [-0.25, -0.2) is 0 Å². The summed E-state index contributed by atoms with van der Waals surface area (Å²) in [6.45, 7) is 2.06. The molecule has 1 unspecified atom stereocenters. The van der Waals surface area contributed by atoms with Crippen molar-refractivity contribution in [1.29, 1.82) is 0 Å². The second kappa shape index (κ2) is 5.71. The third-order valence-electron chi connectivity index (χ3n) is 3.29. The molecule has 1 heterocycles. The van der Waals surface area contributed by atoms with E-state index in [1.807, 2.05) is 12.1 Å². The van der Waals surface area contributed by atoms with Crippen LogP contribution in [-0.4, -0.2) is 24.5 Å². The minimum Gasteiger partial charge on any atom is -0.388 e. The van der Waals surface area contributed by atoms with Crippen molar-refractivity contribution in [3.8, 4) is 0 Å². The third-order valence-corrected chi connectivity index (χ3v) is 4.10. The van der Waals surface area contributed by atoms with Gasteiger partial charge < -0.3 is 10.4 Å². The summed E-state index contributed by atoms with van der Waals surface area (Å²) in [6, 6.07) is 8.19. The maximum atomic E-state index is 10.4. The minimum atomic E-state index is -0.300. The summed E-state index contributed by atoms with van der Waals surface area (Å²) in [4.78, 5) is 1.20. The van der Waals surface area contributed by atoms with E-state index in [4.69, 9.17) is 0 Å². The molecule has 3 heteroatoms. The van der Waals surface area contributed by atoms with Crippen LogP contribution in [0.25, 0.3) is 0 Å². The van der Waals surface area contributed by atoms with Gasteiger partial charge in [0.05, 0.1) is 6.10 Å². The molecule has 1 aromatic rings. The second-order valence-electron chi connectivity index (χ2n) is 4.27. The number of aliphatic hydroxyl groups excluding tert-OH is 1. The lowest BCUT2D eigenvalue weighted by Crippen LogP contribution is -2.31. The summed E-state index contributed by atoms with van der Waals surface area (Å²) in [5.41, 5.74) is 1.10. The highest BCUT2D eigenvalue weighted by atomic mass is 32.2. The Morgan fingerprint density at radius 2 is 2.00 bits per heavy atom. The van der Waals surface area contributed by atoms with Crippen molar-refractivity contribution in [2.24, 2.45) is 5.92 Å². The Morgan fingerprint density at radius 1 is 1.31 bits per heavy atom. The number of benzene rings is 1. The summed E-state index contributed by atoms with van der Waals surface area (Å²) in [6.07, 6.45) is 3.91. The molecule has 2 N–H and O–H groups in total.